The lowest BCUT2D eigenvalue weighted by Gasteiger charge is -2.32. The monoisotopic (exact) mass is 420 g/mol. The van der Waals surface area contributed by atoms with Crippen LogP contribution < -0.4 is 0 Å². The minimum atomic E-state index is -4.58. The summed E-state index contributed by atoms with van der Waals surface area (Å²) in [6.07, 6.45) is -8.46. The lowest BCUT2D eigenvalue weighted by Crippen LogP contribution is -2.39. The topological polar surface area (TPSA) is 53.8 Å². The number of rotatable bonds is 3. The Morgan fingerprint density at radius 3 is 2.46 bits per heavy atom. The average molecular weight is 420 g/mol. The third-order valence-electron chi connectivity index (χ3n) is 4.94. The number of halogens is 6. The van der Waals surface area contributed by atoms with Crippen LogP contribution in [0.4, 0.5) is 26.3 Å². The van der Waals surface area contributed by atoms with Gasteiger partial charge >= 0.3 is 12.4 Å². The first-order chi connectivity index (χ1) is 13.0. The highest BCUT2D eigenvalue weighted by Crippen LogP contribution is 2.44. The van der Waals surface area contributed by atoms with E-state index in [0.29, 0.717) is 17.5 Å². The molecule has 0 aliphatic heterocycles. The standard InChI is InChI=1S/C18H14F6N2OS/c19-17(20,21)9-5-6-14-13(7-9)26-16(28-14)11(8-25)15(27)10-3-1-2-4-12(10)18(22,23)24/h5-7,10-12H,1-4H2/t10-,11+,12+/m0/s1. The molecular weight excluding hydrogens is 406 g/mol. The van der Waals surface area contributed by atoms with E-state index in [4.69, 9.17) is 0 Å². The Morgan fingerprint density at radius 2 is 1.86 bits per heavy atom. The Bertz CT molecular complexity index is 927. The van der Waals surface area contributed by atoms with Crippen LogP contribution >= 0.6 is 11.3 Å². The minimum absolute atomic E-state index is 0.0321. The lowest BCUT2D eigenvalue weighted by atomic mass is 9.74. The number of carbonyl (C=O) groups excluding carboxylic acids is 1. The molecule has 0 unspecified atom stereocenters. The van der Waals surface area contributed by atoms with E-state index >= 15 is 0 Å². The highest BCUT2D eigenvalue weighted by molar-refractivity contribution is 7.18. The number of carbonyl (C=O) groups is 1. The van der Waals surface area contributed by atoms with Gasteiger partial charge in [-0.05, 0) is 31.0 Å². The second-order valence-electron chi connectivity index (χ2n) is 6.74. The number of nitriles is 1. The van der Waals surface area contributed by atoms with Crippen molar-refractivity contribution in [3.8, 4) is 6.07 Å². The Kier molecular flexibility index (Phi) is 5.40. The molecule has 0 bridgehead atoms. The summed E-state index contributed by atoms with van der Waals surface area (Å²) < 4.78 is 78.7. The molecule has 150 valence electrons. The molecule has 0 spiro atoms. The molecule has 1 aromatic carbocycles. The molecule has 1 fully saturated rings. The van der Waals surface area contributed by atoms with E-state index in [9.17, 15) is 36.4 Å². The Hall–Kier alpha value is -2.15. The number of alkyl halides is 6. The van der Waals surface area contributed by atoms with Gasteiger partial charge in [-0.15, -0.1) is 11.3 Å². The fourth-order valence-corrected chi connectivity index (χ4v) is 4.56. The van der Waals surface area contributed by atoms with E-state index in [2.05, 4.69) is 4.98 Å². The molecule has 0 amide bonds. The lowest BCUT2D eigenvalue weighted by molar-refractivity contribution is -0.197. The molecule has 0 saturated heterocycles. The van der Waals surface area contributed by atoms with Crippen LogP contribution in [0.1, 0.15) is 42.2 Å². The summed E-state index contributed by atoms with van der Waals surface area (Å²) in [5, 5.41) is 9.34. The van der Waals surface area contributed by atoms with Crippen molar-refractivity contribution < 1.29 is 31.1 Å². The number of hydrogen-bond acceptors (Lipinski definition) is 4. The van der Waals surface area contributed by atoms with E-state index in [0.717, 1.165) is 23.5 Å². The smallest absolute Gasteiger partial charge is 0.297 e. The number of aromatic nitrogens is 1. The predicted octanol–water partition coefficient (Wildman–Crippen LogP) is 5.86. The first-order valence-corrected chi connectivity index (χ1v) is 9.31. The van der Waals surface area contributed by atoms with Crippen molar-refractivity contribution in [1.82, 2.24) is 4.98 Å². The maximum atomic E-state index is 13.3. The third-order valence-corrected chi connectivity index (χ3v) is 6.05. The van der Waals surface area contributed by atoms with Crippen molar-refractivity contribution in [2.24, 2.45) is 11.8 Å². The maximum absolute atomic E-state index is 13.3. The van der Waals surface area contributed by atoms with Gasteiger partial charge in [0.25, 0.3) is 0 Å². The molecule has 3 nitrogen and oxygen atoms in total. The van der Waals surface area contributed by atoms with Crippen molar-refractivity contribution in [1.29, 1.82) is 5.26 Å². The molecule has 0 radical (unpaired) electrons. The molecule has 1 heterocycles. The molecular formula is C18H14F6N2OS. The second-order valence-corrected chi connectivity index (χ2v) is 7.80. The summed E-state index contributed by atoms with van der Waals surface area (Å²) in [7, 11) is 0. The predicted molar refractivity (Wildman–Crippen MR) is 89.5 cm³/mol. The van der Waals surface area contributed by atoms with Crippen LogP contribution in [-0.4, -0.2) is 16.9 Å². The number of fused-ring (bicyclic) bond motifs is 1. The van der Waals surface area contributed by atoms with E-state index < -0.39 is 41.5 Å². The zero-order chi connectivity index (χ0) is 20.7. The fraction of sp³-hybridized carbons (Fsp3) is 0.500. The Morgan fingerprint density at radius 1 is 1.18 bits per heavy atom. The van der Waals surface area contributed by atoms with Crippen molar-refractivity contribution in [2.45, 2.75) is 44.0 Å². The number of hydrogen-bond donors (Lipinski definition) is 0. The van der Waals surface area contributed by atoms with Crippen LogP contribution in [-0.2, 0) is 11.0 Å². The van der Waals surface area contributed by atoms with Gasteiger partial charge < -0.3 is 0 Å². The largest absolute Gasteiger partial charge is 0.416 e. The van der Waals surface area contributed by atoms with Crippen LogP contribution in [0.2, 0.25) is 0 Å². The van der Waals surface area contributed by atoms with Gasteiger partial charge in [-0.25, -0.2) is 4.98 Å². The first-order valence-electron chi connectivity index (χ1n) is 8.50. The molecule has 2 aromatic rings. The minimum Gasteiger partial charge on any atom is -0.297 e. The van der Waals surface area contributed by atoms with Crippen molar-refractivity contribution >= 4 is 27.3 Å². The molecule has 1 saturated carbocycles. The van der Waals surface area contributed by atoms with Gasteiger partial charge in [0.2, 0.25) is 0 Å². The van der Waals surface area contributed by atoms with Gasteiger partial charge in [-0.2, -0.15) is 31.6 Å². The zero-order valence-corrected chi connectivity index (χ0v) is 15.1. The summed E-state index contributed by atoms with van der Waals surface area (Å²) >= 11 is 0.847. The van der Waals surface area contributed by atoms with Gasteiger partial charge in [0.05, 0.1) is 27.8 Å². The van der Waals surface area contributed by atoms with E-state index in [1.54, 1.807) is 6.07 Å². The molecule has 3 atom stereocenters. The molecule has 0 N–H and O–H groups in total. The number of ketones is 1. The number of Topliss-reactive ketones (excluding diaryl/α,β-unsaturated/α-hetero) is 1. The second kappa shape index (κ2) is 7.35. The molecule has 1 aliphatic rings. The third kappa shape index (κ3) is 3.99. The summed E-state index contributed by atoms with van der Waals surface area (Å²) in [6, 6.07) is 4.53. The van der Waals surface area contributed by atoms with Crippen LogP contribution in [0.15, 0.2) is 18.2 Å². The summed E-state index contributed by atoms with van der Waals surface area (Å²) in [5.41, 5.74) is -0.972. The van der Waals surface area contributed by atoms with E-state index in [1.807, 2.05) is 0 Å². The number of benzene rings is 1. The SMILES string of the molecule is N#C[C@H](C(=O)[C@H]1CCCC[C@H]1C(F)(F)F)c1nc2cc(C(F)(F)F)ccc2s1. The highest BCUT2D eigenvalue weighted by Gasteiger charge is 2.49. The van der Waals surface area contributed by atoms with Crippen molar-refractivity contribution in [3.63, 3.8) is 0 Å². The molecule has 10 heteroatoms. The fourth-order valence-electron chi connectivity index (χ4n) is 3.56. The summed E-state index contributed by atoms with van der Waals surface area (Å²) in [6.45, 7) is 0. The van der Waals surface area contributed by atoms with Gasteiger partial charge in [0.15, 0.2) is 11.7 Å². The number of nitrogens with zero attached hydrogens (tertiary/aromatic N) is 2. The summed E-state index contributed by atoms with van der Waals surface area (Å²) in [5.74, 6) is -5.54. The Balaban J connectivity index is 1.94. The first kappa shape index (κ1) is 20.6. The van der Waals surface area contributed by atoms with Crippen LogP contribution in [0.3, 0.4) is 0 Å². The molecule has 3 rings (SSSR count). The van der Waals surface area contributed by atoms with E-state index in [-0.39, 0.29) is 23.4 Å². The Labute approximate surface area is 160 Å². The van der Waals surface area contributed by atoms with Gasteiger partial charge in [0, 0.05) is 5.92 Å². The highest BCUT2D eigenvalue weighted by atomic mass is 32.1. The van der Waals surface area contributed by atoms with Crippen molar-refractivity contribution in [3.05, 3.63) is 28.8 Å². The van der Waals surface area contributed by atoms with Gasteiger partial charge in [0.1, 0.15) is 5.01 Å². The molecule has 1 aliphatic carbocycles. The average Bonchev–Trinajstić information content (AvgIpc) is 3.03. The van der Waals surface area contributed by atoms with Crippen molar-refractivity contribution in [2.75, 3.05) is 0 Å². The van der Waals surface area contributed by atoms with Crippen LogP contribution in [0.25, 0.3) is 10.2 Å². The quantitative estimate of drug-likeness (QED) is 0.585. The summed E-state index contributed by atoms with van der Waals surface area (Å²) in [4.78, 5) is 16.7. The van der Waals surface area contributed by atoms with Crippen LogP contribution in [0, 0.1) is 23.2 Å². The van der Waals surface area contributed by atoms with E-state index in [1.165, 1.54) is 6.07 Å². The maximum Gasteiger partial charge on any atom is 0.416 e. The molecule has 1 aromatic heterocycles. The normalized spacial score (nSPS) is 22.0. The van der Waals surface area contributed by atoms with Gasteiger partial charge in [-0.3, -0.25) is 4.79 Å². The molecule has 28 heavy (non-hydrogen) atoms. The van der Waals surface area contributed by atoms with Gasteiger partial charge in [-0.1, -0.05) is 12.8 Å². The zero-order valence-electron chi connectivity index (χ0n) is 14.3. The number of thiazole rings is 1. The van der Waals surface area contributed by atoms with Crippen LogP contribution in [0.5, 0.6) is 0 Å².